The van der Waals surface area contributed by atoms with Crippen LogP contribution in [0.25, 0.3) is 0 Å². The van der Waals surface area contributed by atoms with Gasteiger partial charge in [-0.2, -0.15) is 5.26 Å². The standard InChI is InChI=1S/C17H15N3O3S/c18-12-13-5-1-2-8-16(13)24(22,23)19-14-6-3-7-15(11-14)20-10-4-9-17(20)21/h1-3,5-8,11,19H,4,9-10H2. The van der Waals surface area contributed by atoms with Gasteiger partial charge >= 0.3 is 0 Å². The van der Waals surface area contributed by atoms with E-state index in [1.54, 1.807) is 41.3 Å². The Morgan fingerprint density at radius 3 is 2.62 bits per heavy atom. The van der Waals surface area contributed by atoms with Crippen molar-refractivity contribution in [2.75, 3.05) is 16.2 Å². The number of nitrogens with zero attached hydrogens (tertiary/aromatic N) is 2. The van der Waals surface area contributed by atoms with Crippen molar-refractivity contribution in [3.8, 4) is 6.07 Å². The summed E-state index contributed by atoms with van der Waals surface area (Å²) >= 11 is 0. The second-order valence-corrected chi connectivity index (χ2v) is 7.06. The first-order valence-electron chi connectivity index (χ1n) is 7.44. The van der Waals surface area contributed by atoms with Crippen molar-refractivity contribution < 1.29 is 13.2 Å². The Morgan fingerprint density at radius 2 is 1.92 bits per heavy atom. The predicted molar refractivity (Wildman–Crippen MR) is 90.0 cm³/mol. The molecular formula is C17H15N3O3S. The molecule has 7 heteroatoms. The van der Waals surface area contributed by atoms with Crippen molar-refractivity contribution in [1.29, 1.82) is 5.26 Å². The van der Waals surface area contributed by atoms with Crippen molar-refractivity contribution in [3.05, 3.63) is 54.1 Å². The first kappa shape index (κ1) is 16.0. The molecule has 6 nitrogen and oxygen atoms in total. The highest BCUT2D eigenvalue weighted by molar-refractivity contribution is 7.92. The summed E-state index contributed by atoms with van der Waals surface area (Å²) in [4.78, 5) is 13.4. The van der Waals surface area contributed by atoms with Crippen LogP contribution in [-0.4, -0.2) is 20.9 Å². The molecule has 0 unspecified atom stereocenters. The molecule has 0 aliphatic carbocycles. The Hall–Kier alpha value is -2.85. The Morgan fingerprint density at radius 1 is 1.12 bits per heavy atom. The van der Waals surface area contributed by atoms with Crippen LogP contribution >= 0.6 is 0 Å². The van der Waals surface area contributed by atoms with Gasteiger partial charge in [0.1, 0.15) is 11.0 Å². The molecule has 1 fully saturated rings. The molecule has 2 aromatic rings. The highest BCUT2D eigenvalue weighted by atomic mass is 32.2. The third kappa shape index (κ3) is 3.09. The number of hydrogen-bond acceptors (Lipinski definition) is 4. The second-order valence-electron chi connectivity index (χ2n) is 5.41. The quantitative estimate of drug-likeness (QED) is 0.925. The Bertz CT molecular complexity index is 932. The molecule has 1 heterocycles. The normalized spacial score (nSPS) is 14.5. The molecule has 24 heavy (non-hydrogen) atoms. The molecule has 3 rings (SSSR count). The van der Waals surface area contributed by atoms with Gasteiger partial charge in [0.2, 0.25) is 5.91 Å². The van der Waals surface area contributed by atoms with E-state index in [1.165, 1.54) is 12.1 Å². The van der Waals surface area contributed by atoms with Crippen LogP contribution in [0.1, 0.15) is 18.4 Å². The van der Waals surface area contributed by atoms with E-state index in [1.807, 2.05) is 6.07 Å². The van der Waals surface area contributed by atoms with E-state index < -0.39 is 10.0 Å². The molecule has 0 atom stereocenters. The van der Waals surface area contributed by atoms with Crippen molar-refractivity contribution in [3.63, 3.8) is 0 Å². The Balaban J connectivity index is 1.91. The largest absolute Gasteiger partial charge is 0.312 e. The molecule has 1 aliphatic rings. The highest BCUT2D eigenvalue weighted by Crippen LogP contribution is 2.26. The molecule has 0 aromatic heterocycles. The van der Waals surface area contributed by atoms with Crippen molar-refractivity contribution in [1.82, 2.24) is 0 Å². The lowest BCUT2D eigenvalue weighted by atomic mass is 10.2. The second kappa shape index (κ2) is 6.34. The third-order valence-corrected chi connectivity index (χ3v) is 5.22. The summed E-state index contributed by atoms with van der Waals surface area (Å²) in [6.07, 6.45) is 1.30. The zero-order valence-electron chi connectivity index (χ0n) is 12.8. The maximum absolute atomic E-state index is 12.5. The summed E-state index contributed by atoms with van der Waals surface area (Å²) in [5, 5.41) is 9.08. The van der Waals surface area contributed by atoms with Crippen LogP contribution in [0, 0.1) is 11.3 Å². The van der Waals surface area contributed by atoms with E-state index in [9.17, 15) is 13.2 Å². The average molecular weight is 341 g/mol. The Labute approximate surface area is 140 Å². The first-order valence-corrected chi connectivity index (χ1v) is 8.92. The maximum atomic E-state index is 12.5. The molecule has 1 N–H and O–H groups in total. The van der Waals surface area contributed by atoms with Gasteiger partial charge in [-0.25, -0.2) is 8.42 Å². The minimum absolute atomic E-state index is 0.0323. The predicted octanol–water partition coefficient (Wildman–Crippen LogP) is 2.49. The minimum Gasteiger partial charge on any atom is -0.312 e. The number of rotatable bonds is 4. The van der Waals surface area contributed by atoms with Crippen LogP contribution in [0.5, 0.6) is 0 Å². The van der Waals surface area contributed by atoms with Gasteiger partial charge in [-0.15, -0.1) is 0 Å². The number of hydrogen-bond donors (Lipinski definition) is 1. The van der Waals surface area contributed by atoms with E-state index in [0.29, 0.717) is 24.3 Å². The van der Waals surface area contributed by atoms with E-state index >= 15 is 0 Å². The van der Waals surface area contributed by atoms with Crippen molar-refractivity contribution in [2.24, 2.45) is 0 Å². The summed E-state index contributed by atoms with van der Waals surface area (Å²) in [5.41, 5.74) is 1.09. The zero-order valence-corrected chi connectivity index (χ0v) is 13.6. The van der Waals surface area contributed by atoms with Gasteiger partial charge < -0.3 is 4.90 Å². The molecule has 0 saturated carbocycles. The lowest BCUT2D eigenvalue weighted by Gasteiger charge is -2.17. The van der Waals surface area contributed by atoms with Crippen LogP contribution < -0.4 is 9.62 Å². The number of benzene rings is 2. The highest BCUT2D eigenvalue weighted by Gasteiger charge is 2.23. The SMILES string of the molecule is N#Cc1ccccc1S(=O)(=O)Nc1cccc(N2CCCC2=O)c1. The molecular weight excluding hydrogens is 326 g/mol. The molecule has 0 radical (unpaired) electrons. The summed E-state index contributed by atoms with van der Waals surface area (Å²) in [5.74, 6) is 0.0323. The number of anilines is 2. The fraction of sp³-hybridized carbons (Fsp3) is 0.176. The van der Waals surface area contributed by atoms with Crippen LogP contribution in [0.2, 0.25) is 0 Å². The van der Waals surface area contributed by atoms with Gasteiger partial charge in [-0.1, -0.05) is 18.2 Å². The van der Waals surface area contributed by atoms with E-state index in [2.05, 4.69) is 4.72 Å². The molecule has 122 valence electrons. The van der Waals surface area contributed by atoms with Crippen molar-refractivity contribution in [2.45, 2.75) is 17.7 Å². The molecule has 1 aliphatic heterocycles. The number of nitriles is 1. The summed E-state index contributed by atoms with van der Waals surface area (Å²) in [6, 6.07) is 14.6. The van der Waals surface area contributed by atoms with Crippen LogP contribution in [0.3, 0.4) is 0 Å². The molecule has 1 saturated heterocycles. The number of sulfonamides is 1. The lowest BCUT2D eigenvalue weighted by Crippen LogP contribution is -2.23. The van der Waals surface area contributed by atoms with Crippen LogP contribution in [0.15, 0.2) is 53.4 Å². The maximum Gasteiger partial charge on any atom is 0.263 e. The van der Waals surface area contributed by atoms with Crippen LogP contribution in [0.4, 0.5) is 11.4 Å². The topological polar surface area (TPSA) is 90.3 Å². The van der Waals surface area contributed by atoms with Gasteiger partial charge in [0, 0.05) is 18.7 Å². The molecule has 0 spiro atoms. The molecule has 2 aromatic carbocycles. The fourth-order valence-corrected chi connectivity index (χ4v) is 3.87. The van der Waals surface area contributed by atoms with Gasteiger partial charge in [0.25, 0.3) is 10.0 Å². The van der Waals surface area contributed by atoms with Gasteiger partial charge in [-0.3, -0.25) is 9.52 Å². The van der Waals surface area contributed by atoms with E-state index in [0.717, 1.165) is 6.42 Å². The smallest absolute Gasteiger partial charge is 0.263 e. The summed E-state index contributed by atoms with van der Waals surface area (Å²) in [7, 11) is -3.89. The molecule has 1 amide bonds. The minimum atomic E-state index is -3.89. The number of carbonyl (C=O) groups is 1. The number of amides is 1. The lowest BCUT2D eigenvalue weighted by molar-refractivity contribution is -0.117. The zero-order chi connectivity index (χ0) is 17.2. The van der Waals surface area contributed by atoms with Crippen LogP contribution in [-0.2, 0) is 14.8 Å². The monoisotopic (exact) mass is 341 g/mol. The fourth-order valence-electron chi connectivity index (χ4n) is 2.66. The van der Waals surface area contributed by atoms with Gasteiger partial charge in [0.05, 0.1) is 11.3 Å². The summed E-state index contributed by atoms with van der Waals surface area (Å²) in [6.45, 7) is 0.631. The molecule has 0 bridgehead atoms. The Kier molecular flexibility index (Phi) is 4.23. The van der Waals surface area contributed by atoms with Gasteiger partial charge in [-0.05, 0) is 36.8 Å². The van der Waals surface area contributed by atoms with E-state index in [4.69, 9.17) is 5.26 Å². The van der Waals surface area contributed by atoms with Crippen molar-refractivity contribution >= 4 is 27.3 Å². The number of carbonyl (C=O) groups excluding carboxylic acids is 1. The third-order valence-electron chi connectivity index (χ3n) is 3.78. The summed E-state index contributed by atoms with van der Waals surface area (Å²) < 4.78 is 27.5. The van der Waals surface area contributed by atoms with Gasteiger partial charge in [0.15, 0.2) is 0 Å². The first-order chi connectivity index (χ1) is 11.5. The average Bonchev–Trinajstić information content (AvgIpc) is 3.01. The number of nitrogens with one attached hydrogen (secondary N) is 1. The van der Waals surface area contributed by atoms with E-state index in [-0.39, 0.29) is 16.4 Å².